The summed E-state index contributed by atoms with van der Waals surface area (Å²) in [6, 6.07) is 9.94. The highest BCUT2D eigenvalue weighted by atomic mass is 16.6. The molecule has 0 radical (unpaired) electrons. The number of aliphatic carboxylic acids is 1. The van der Waals surface area contributed by atoms with Gasteiger partial charge in [-0.15, -0.1) is 0 Å². The molecule has 3 heterocycles. The molecular weight excluding hydrogens is 428 g/mol. The van der Waals surface area contributed by atoms with E-state index in [0.717, 1.165) is 6.42 Å². The van der Waals surface area contributed by atoms with E-state index >= 15 is 0 Å². The van der Waals surface area contributed by atoms with Crippen LogP contribution in [0, 0.1) is 22.0 Å². The minimum absolute atomic E-state index is 0.120. The van der Waals surface area contributed by atoms with Gasteiger partial charge in [0.2, 0.25) is 11.8 Å². The zero-order valence-electron chi connectivity index (χ0n) is 18.0. The van der Waals surface area contributed by atoms with E-state index in [-0.39, 0.29) is 18.7 Å². The molecule has 0 aliphatic carbocycles. The summed E-state index contributed by atoms with van der Waals surface area (Å²) >= 11 is 0. The lowest BCUT2D eigenvalue weighted by Crippen LogP contribution is -2.57. The first-order valence-corrected chi connectivity index (χ1v) is 10.8. The second-order valence-corrected chi connectivity index (χ2v) is 8.44. The van der Waals surface area contributed by atoms with Crippen molar-refractivity contribution in [2.24, 2.45) is 11.8 Å². The van der Waals surface area contributed by atoms with E-state index in [1.54, 1.807) is 24.4 Å². The molecule has 2 fully saturated rings. The van der Waals surface area contributed by atoms with Crippen molar-refractivity contribution in [1.82, 2.24) is 15.2 Å². The third-order valence-electron chi connectivity index (χ3n) is 6.50. The highest BCUT2D eigenvalue weighted by molar-refractivity contribution is 6.09. The molecule has 4 atom stereocenters. The number of nitro groups is 1. The Bertz CT molecular complexity index is 1090. The van der Waals surface area contributed by atoms with Gasteiger partial charge in [0, 0.05) is 31.3 Å². The summed E-state index contributed by atoms with van der Waals surface area (Å²) < 4.78 is 0. The van der Waals surface area contributed by atoms with Crippen LogP contribution in [-0.4, -0.2) is 49.8 Å². The van der Waals surface area contributed by atoms with Gasteiger partial charge in [-0.2, -0.15) is 0 Å². The van der Waals surface area contributed by atoms with Gasteiger partial charge in [-0.25, -0.2) is 0 Å². The molecule has 4 unspecified atom stereocenters. The molecule has 33 heavy (non-hydrogen) atoms. The number of nitro benzene ring substituents is 1. The van der Waals surface area contributed by atoms with Crippen molar-refractivity contribution in [3.63, 3.8) is 0 Å². The zero-order valence-corrected chi connectivity index (χ0v) is 18.0. The predicted molar refractivity (Wildman–Crippen MR) is 116 cm³/mol. The van der Waals surface area contributed by atoms with E-state index in [1.165, 1.54) is 29.2 Å². The summed E-state index contributed by atoms with van der Waals surface area (Å²) in [7, 11) is 0. The van der Waals surface area contributed by atoms with Gasteiger partial charge in [0.15, 0.2) is 0 Å². The van der Waals surface area contributed by atoms with Crippen LogP contribution in [0.3, 0.4) is 0 Å². The van der Waals surface area contributed by atoms with Crippen molar-refractivity contribution in [3.05, 3.63) is 70.0 Å². The number of hydrogen-bond acceptors (Lipinski definition) is 7. The molecule has 10 heteroatoms. The van der Waals surface area contributed by atoms with Crippen molar-refractivity contribution < 1.29 is 24.4 Å². The first-order valence-electron chi connectivity index (χ1n) is 10.8. The van der Waals surface area contributed by atoms with Crippen molar-refractivity contribution in [2.45, 2.75) is 37.8 Å². The average Bonchev–Trinajstić information content (AvgIpc) is 3.28. The number of nitrogens with zero attached hydrogens (tertiary/aromatic N) is 3. The number of carbonyl (C=O) groups excluding carboxylic acids is 2. The number of likely N-dealkylation sites (tertiary alicyclic amines) is 1. The monoisotopic (exact) mass is 452 g/mol. The van der Waals surface area contributed by atoms with Crippen LogP contribution < -0.4 is 5.32 Å². The molecule has 2 amide bonds. The van der Waals surface area contributed by atoms with E-state index in [4.69, 9.17) is 0 Å². The maximum atomic E-state index is 13.4. The summed E-state index contributed by atoms with van der Waals surface area (Å²) in [4.78, 5) is 55.4. The van der Waals surface area contributed by atoms with Gasteiger partial charge < -0.3 is 5.11 Å². The van der Waals surface area contributed by atoms with Gasteiger partial charge in [-0.05, 0) is 24.1 Å². The van der Waals surface area contributed by atoms with Crippen molar-refractivity contribution in [3.8, 4) is 0 Å². The second kappa shape index (κ2) is 8.70. The fourth-order valence-electron chi connectivity index (χ4n) is 4.91. The number of imide groups is 1. The van der Waals surface area contributed by atoms with Crippen LogP contribution in [0.15, 0.2) is 48.7 Å². The molecular formula is C23H24N4O6. The minimum atomic E-state index is -1.77. The third kappa shape index (κ3) is 3.76. The van der Waals surface area contributed by atoms with Crippen LogP contribution in [0.2, 0.25) is 0 Å². The Balaban J connectivity index is 1.78. The van der Waals surface area contributed by atoms with Crippen LogP contribution in [-0.2, 0) is 20.8 Å². The normalized spacial score (nSPS) is 26.5. The zero-order chi connectivity index (χ0) is 23.8. The van der Waals surface area contributed by atoms with Gasteiger partial charge >= 0.3 is 5.97 Å². The number of rotatable bonds is 8. The summed E-state index contributed by atoms with van der Waals surface area (Å²) in [6.45, 7) is 2.18. The summed E-state index contributed by atoms with van der Waals surface area (Å²) in [5, 5.41) is 24.4. The highest BCUT2D eigenvalue weighted by Crippen LogP contribution is 2.49. The number of fused-ring (bicyclic) bond motifs is 1. The van der Waals surface area contributed by atoms with E-state index in [0.29, 0.717) is 17.7 Å². The number of benzene rings is 1. The number of carbonyl (C=O) groups is 3. The molecule has 2 aromatic rings. The van der Waals surface area contributed by atoms with Gasteiger partial charge in [0.25, 0.3) is 5.69 Å². The van der Waals surface area contributed by atoms with E-state index in [2.05, 4.69) is 10.3 Å². The number of hydrogen-bond donors (Lipinski definition) is 2. The smallest absolute Gasteiger partial charge is 0.325 e. The number of carboxylic acids is 1. The molecule has 2 saturated heterocycles. The number of pyridine rings is 1. The van der Waals surface area contributed by atoms with Crippen LogP contribution in [0.25, 0.3) is 0 Å². The lowest BCUT2D eigenvalue weighted by molar-refractivity contribution is -0.384. The molecule has 10 nitrogen and oxygen atoms in total. The Kier molecular flexibility index (Phi) is 5.94. The van der Waals surface area contributed by atoms with E-state index in [1.807, 2.05) is 6.92 Å². The Morgan fingerprint density at radius 1 is 1.21 bits per heavy atom. The van der Waals surface area contributed by atoms with Gasteiger partial charge in [-0.3, -0.25) is 39.7 Å². The standard InChI is InChI=1S/C23H24N4O6/c1-2-3-12-26-20(28)17-18(21(26)29)23(22(30)31,25-19(17)16-6-4-5-11-24-16)13-14-7-9-15(10-8-14)27(32)33/h4-11,17-19,25H,2-3,12-13H2,1H3,(H,30,31). The maximum absolute atomic E-state index is 13.4. The predicted octanol–water partition coefficient (Wildman–Crippen LogP) is 2.10. The maximum Gasteiger partial charge on any atom is 0.325 e. The number of unbranched alkanes of at least 4 members (excludes halogenated alkanes) is 1. The van der Waals surface area contributed by atoms with Crippen LogP contribution in [0.4, 0.5) is 5.69 Å². The fourth-order valence-corrected chi connectivity index (χ4v) is 4.91. The Labute approximate surface area is 189 Å². The summed E-state index contributed by atoms with van der Waals surface area (Å²) in [5.74, 6) is -4.19. The molecule has 0 bridgehead atoms. The van der Waals surface area contributed by atoms with Crippen LogP contribution >= 0.6 is 0 Å². The van der Waals surface area contributed by atoms with Crippen molar-refractivity contribution in [2.75, 3.05) is 6.54 Å². The van der Waals surface area contributed by atoms with Crippen molar-refractivity contribution in [1.29, 1.82) is 0 Å². The first-order chi connectivity index (χ1) is 15.8. The van der Waals surface area contributed by atoms with Crippen molar-refractivity contribution >= 4 is 23.5 Å². The molecule has 2 aliphatic heterocycles. The van der Waals surface area contributed by atoms with Crippen LogP contribution in [0.5, 0.6) is 0 Å². The molecule has 2 aliphatic rings. The number of non-ortho nitro benzene ring substituents is 1. The Morgan fingerprint density at radius 2 is 1.94 bits per heavy atom. The van der Waals surface area contributed by atoms with Gasteiger partial charge in [0.1, 0.15) is 5.54 Å². The number of nitrogens with one attached hydrogen (secondary N) is 1. The molecule has 172 valence electrons. The second-order valence-electron chi connectivity index (χ2n) is 8.44. The van der Waals surface area contributed by atoms with E-state index in [9.17, 15) is 29.6 Å². The SMILES string of the molecule is CCCCN1C(=O)C2C(c3ccccn3)NC(Cc3ccc([N+](=O)[O-])cc3)(C(=O)O)C2C1=O. The quantitative estimate of drug-likeness (QED) is 0.352. The minimum Gasteiger partial charge on any atom is -0.480 e. The topological polar surface area (TPSA) is 143 Å². The molecule has 1 aromatic heterocycles. The Hall–Kier alpha value is -3.66. The molecule has 0 saturated carbocycles. The highest BCUT2D eigenvalue weighted by Gasteiger charge is 2.68. The lowest BCUT2D eigenvalue weighted by atomic mass is 9.76. The van der Waals surface area contributed by atoms with Crippen LogP contribution in [0.1, 0.15) is 37.1 Å². The van der Waals surface area contributed by atoms with E-state index < -0.39 is 46.1 Å². The third-order valence-corrected chi connectivity index (χ3v) is 6.50. The lowest BCUT2D eigenvalue weighted by Gasteiger charge is -2.31. The number of amides is 2. The number of aromatic nitrogens is 1. The van der Waals surface area contributed by atoms with Gasteiger partial charge in [-0.1, -0.05) is 31.5 Å². The number of carboxylic acid groups (broad SMARTS) is 1. The van der Waals surface area contributed by atoms with Gasteiger partial charge in [0.05, 0.1) is 28.5 Å². The molecule has 4 rings (SSSR count). The Morgan fingerprint density at radius 3 is 2.52 bits per heavy atom. The largest absolute Gasteiger partial charge is 0.480 e. The summed E-state index contributed by atoms with van der Waals surface area (Å²) in [5.41, 5.74) is -0.901. The summed E-state index contributed by atoms with van der Waals surface area (Å²) in [6.07, 6.45) is 2.84. The first kappa shape index (κ1) is 22.5. The fraction of sp³-hybridized carbons (Fsp3) is 0.391. The molecule has 2 N–H and O–H groups in total. The average molecular weight is 452 g/mol. The molecule has 1 aromatic carbocycles. The molecule has 0 spiro atoms.